The SMILES string of the molecule is CCS(=O)(=O)CCNS(=O)(=O)Cc1ccccc1C(N)=S. The Balaban J connectivity index is 2.76. The molecule has 0 spiro atoms. The molecule has 0 aliphatic heterocycles. The fourth-order valence-corrected chi connectivity index (χ4v) is 3.85. The lowest BCUT2D eigenvalue weighted by molar-refractivity contribution is 0.580. The topological polar surface area (TPSA) is 106 Å². The van der Waals surface area contributed by atoms with Crippen molar-refractivity contribution in [1.82, 2.24) is 4.72 Å². The number of thiocarbonyl (C=S) groups is 1. The normalized spacial score (nSPS) is 12.2. The third kappa shape index (κ3) is 6.08. The van der Waals surface area contributed by atoms with Gasteiger partial charge in [-0.25, -0.2) is 21.6 Å². The molecule has 118 valence electrons. The van der Waals surface area contributed by atoms with Crippen LogP contribution in [-0.4, -0.2) is 39.9 Å². The van der Waals surface area contributed by atoms with E-state index in [1.807, 2.05) is 0 Å². The summed E-state index contributed by atoms with van der Waals surface area (Å²) < 4.78 is 48.8. The first kappa shape index (κ1) is 18.0. The summed E-state index contributed by atoms with van der Waals surface area (Å²) in [5, 5.41) is 0. The highest BCUT2D eigenvalue weighted by molar-refractivity contribution is 7.91. The second-order valence-electron chi connectivity index (χ2n) is 4.41. The van der Waals surface area contributed by atoms with E-state index < -0.39 is 19.9 Å². The van der Waals surface area contributed by atoms with Gasteiger partial charge in [-0.2, -0.15) is 0 Å². The smallest absolute Gasteiger partial charge is 0.215 e. The standard InChI is InChI=1S/C12H18N2O4S3/c1-2-20(15,16)8-7-14-21(17,18)9-10-5-3-4-6-11(10)12(13)19/h3-6,14H,2,7-9H2,1H3,(H2,13,19). The molecule has 9 heteroatoms. The molecule has 1 rings (SSSR count). The molecule has 0 aliphatic rings. The van der Waals surface area contributed by atoms with Crippen LogP contribution in [0.1, 0.15) is 18.1 Å². The first-order chi connectivity index (χ1) is 9.67. The highest BCUT2D eigenvalue weighted by Gasteiger charge is 2.16. The molecule has 0 amide bonds. The predicted octanol–water partition coefficient (Wildman–Crippen LogP) is 0.175. The molecular formula is C12H18N2O4S3. The van der Waals surface area contributed by atoms with Gasteiger partial charge < -0.3 is 5.73 Å². The van der Waals surface area contributed by atoms with Gasteiger partial charge in [0.15, 0.2) is 9.84 Å². The van der Waals surface area contributed by atoms with Gasteiger partial charge in [-0.05, 0) is 5.56 Å². The number of benzene rings is 1. The summed E-state index contributed by atoms with van der Waals surface area (Å²) in [4.78, 5) is 0.120. The molecule has 0 saturated heterocycles. The predicted molar refractivity (Wildman–Crippen MR) is 87.3 cm³/mol. The van der Waals surface area contributed by atoms with E-state index in [4.69, 9.17) is 18.0 Å². The van der Waals surface area contributed by atoms with Crippen molar-refractivity contribution in [3.8, 4) is 0 Å². The molecule has 0 aromatic heterocycles. The third-order valence-corrected chi connectivity index (χ3v) is 6.06. The van der Waals surface area contributed by atoms with Crippen LogP contribution in [0.5, 0.6) is 0 Å². The van der Waals surface area contributed by atoms with Crippen LogP contribution in [-0.2, 0) is 25.6 Å². The van der Waals surface area contributed by atoms with Gasteiger partial charge >= 0.3 is 0 Å². The maximum atomic E-state index is 12.0. The molecule has 0 radical (unpaired) electrons. The summed E-state index contributed by atoms with van der Waals surface area (Å²) in [7, 11) is -6.86. The van der Waals surface area contributed by atoms with Crippen molar-refractivity contribution < 1.29 is 16.8 Å². The maximum Gasteiger partial charge on any atom is 0.215 e. The number of nitrogens with two attached hydrogens (primary N) is 1. The minimum atomic E-state index is -3.65. The summed E-state index contributed by atoms with van der Waals surface area (Å²) in [6.07, 6.45) is 0. The highest BCUT2D eigenvalue weighted by Crippen LogP contribution is 2.12. The highest BCUT2D eigenvalue weighted by atomic mass is 32.2. The Kier molecular flexibility index (Phi) is 6.26. The first-order valence-corrected chi connectivity index (χ1v) is 10.1. The van der Waals surface area contributed by atoms with Crippen LogP contribution >= 0.6 is 12.2 Å². The lowest BCUT2D eigenvalue weighted by Gasteiger charge is -2.10. The lowest BCUT2D eigenvalue weighted by Crippen LogP contribution is -2.31. The first-order valence-electron chi connectivity index (χ1n) is 6.22. The Morgan fingerprint density at radius 2 is 1.86 bits per heavy atom. The maximum absolute atomic E-state index is 12.0. The van der Waals surface area contributed by atoms with Crippen LogP contribution in [0.15, 0.2) is 24.3 Å². The summed E-state index contributed by atoms with van der Waals surface area (Å²) in [5.74, 6) is -0.536. The van der Waals surface area contributed by atoms with Crippen LogP contribution in [0.2, 0.25) is 0 Å². The van der Waals surface area contributed by atoms with Crippen LogP contribution in [0.4, 0.5) is 0 Å². The minimum Gasteiger partial charge on any atom is -0.389 e. The number of hydrogen-bond acceptors (Lipinski definition) is 5. The Labute approximate surface area is 130 Å². The van der Waals surface area contributed by atoms with E-state index in [0.717, 1.165) is 0 Å². The molecule has 21 heavy (non-hydrogen) atoms. The van der Waals surface area contributed by atoms with Gasteiger partial charge in [-0.15, -0.1) is 0 Å². The van der Waals surface area contributed by atoms with E-state index >= 15 is 0 Å². The van der Waals surface area contributed by atoms with Crippen LogP contribution in [0.25, 0.3) is 0 Å². The van der Waals surface area contributed by atoms with Gasteiger partial charge in [0.05, 0.1) is 11.5 Å². The second-order valence-corrected chi connectivity index (χ2v) is 9.13. The molecule has 0 heterocycles. The second kappa shape index (κ2) is 7.30. The van der Waals surface area contributed by atoms with E-state index in [-0.39, 0.29) is 28.8 Å². The summed E-state index contributed by atoms with van der Waals surface area (Å²) >= 11 is 4.87. The van der Waals surface area contributed by atoms with Crippen molar-refractivity contribution in [3.05, 3.63) is 35.4 Å². The molecule has 6 nitrogen and oxygen atoms in total. The van der Waals surface area contributed by atoms with Gasteiger partial charge in [-0.1, -0.05) is 43.4 Å². The van der Waals surface area contributed by atoms with E-state index in [1.165, 1.54) is 6.92 Å². The zero-order valence-electron chi connectivity index (χ0n) is 11.6. The molecule has 1 aromatic rings. The summed E-state index contributed by atoms with van der Waals surface area (Å²) in [6.45, 7) is 1.37. The molecule has 0 saturated carbocycles. The number of sulfone groups is 1. The molecular weight excluding hydrogens is 332 g/mol. The van der Waals surface area contributed by atoms with Crippen molar-refractivity contribution in [2.24, 2.45) is 5.73 Å². The van der Waals surface area contributed by atoms with Crippen molar-refractivity contribution in [2.45, 2.75) is 12.7 Å². The van der Waals surface area contributed by atoms with Gasteiger partial charge in [-0.3, -0.25) is 0 Å². The van der Waals surface area contributed by atoms with Crippen LogP contribution in [0, 0.1) is 0 Å². The molecule has 0 fully saturated rings. The average Bonchev–Trinajstić information content (AvgIpc) is 2.38. The number of nitrogens with one attached hydrogen (secondary N) is 1. The monoisotopic (exact) mass is 350 g/mol. The van der Waals surface area contributed by atoms with E-state index in [0.29, 0.717) is 11.1 Å². The average molecular weight is 350 g/mol. The van der Waals surface area contributed by atoms with E-state index in [2.05, 4.69) is 4.72 Å². The molecule has 0 atom stereocenters. The zero-order valence-corrected chi connectivity index (χ0v) is 14.0. The van der Waals surface area contributed by atoms with E-state index in [9.17, 15) is 16.8 Å². The summed E-state index contributed by atoms with van der Waals surface area (Å²) in [5.41, 5.74) is 6.53. The molecule has 0 aliphatic carbocycles. The van der Waals surface area contributed by atoms with Gasteiger partial charge in [0.25, 0.3) is 0 Å². The minimum absolute atomic E-state index is 0.0149. The van der Waals surface area contributed by atoms with Gasteiger partial charge in [0.1, 0.15) is 4.99 Å². The number of rotatable bonds is 8. The molecule has 3 N–H and O–H groups in total. The lowest BCUT2D eigenvalue weighted by atomic mass is 10.1. The number of sulfonamides is 1. The molecule has 1 aromatic carbocycles. The Morgan fingerprint density at radius 3 is 2.43 bits per heavy atom. The Morgan fingerprint density at radius 1 is 1.24 bits per heavy atom. The fraction of sp³-hybridized carbons (Fsp3) is 0.417. The van der Waals surface area contributed by atoms with E-state index in [1.54, 1.807) is 24.3 Å². The zero-order chi connectivity index (χ0) is 16.1. The fourth-order valence-electron chi connectivity index (χ4n) is 1.64. The third-order valence-electron chi connectivity index (χ3n) is 2.80. The Bertz CT molecular complexity index is 712. The van der Waals surface area contributed by atoms with Crippen LogP contribution < -0.4 is 10.5 Å². The largest absolute Gasteiger partial charge is 0.389 e. The van der Waals surface area contributed by atoms with Gasteiger partial charge in [0.2, 0.25) is 10.0 Å². The van der Waals surface area contributed by atoms with Crippen molar-refractivity contribution in [2.75, 3.05) is 18.1 Å². The quantitative estimate of drug-likeness (QED) is 0.648. The number of hydrogen-bond donors (Lipinski definition) is 2. The van der Waals surface area contributed by atoms with Crippen LogP contribution in [0.3, 0.4) is 0 Å². The van der Waals surface area contributed by atoms with Crippen molar-refractivity contribution >= 4 is 37.1 Å². The summed E-state index contributed by atoms with van der Waals surface area (Å²) in [6, 6.07) is 6.67. The molecule has 0 bridgehead atoms. The Hall–Kier alpha value is -1.03. The van der Waals surface area contributed by atoms with Crippen molar-refractivity contribution in [3.63, 3.8) is 0 Å². The molecule has 0 unspecified atom stereocenters. The van der Waals surface area contributed by atoms with Gasteiger partial charge in [0, 0.05) is 17.9 Å². The van der Waals surface area contributed by atoms with Crippen molar-refractivity contribution in [1.29, 1.82) is 0 Å².